The first kappa shape index (κ1) is 16.6. The van der Waals surface area contributed by atoms with Crippen LogP contribution in [0.15, 0.2) is 24.3 Å². The van der Waals surface area contributed by atoms with Gasteiger partial charge in [-0.2, -0.15) is 0 Å². The number of piperazine rings is 1. The lowest BCUT2D eigenvalue weighted by atomic mass is 10.2. The zero-order valence-electron chi connectivity index (χ0n) is 14.0. The molecule has 0 aliphatic carbocycles. The minimum atomic E-state index is 0.269. The molecule has 0 atom stereocenters. The number of anilines is 1. The molecular formula is C17H28N3O2+. The van der Waals surface area contributed by atoms with Crippen molar-refractivity contribution >= 4 is 11.6 Å². The van der Waals surface area contributed by atoms with Crippen LogP contribution in [0.2, 0.25) is 0 Å². The molecule has 122 valence electrons. The topological polar surface area (TPSA) is 37.2 Å². The molecular weight excluding hydrogens is 278 g/mol. The average Bonchev–Trinajstić information content (AvgIpc) is 2.56. The SMILES string of the molecule is CCN(CC)C(=O)C[NH+]1CCN(c2ccccc2OC)CC1. The van der Waals surface area contributed by atoms with Crippen molar-refractivity contribution in [2.75, 3.05) is 57.8 Å². The molecule has 2 rings (SSSR count). The Kier molecular flexibility index (Phi) is 6.07. The molecule has 1 aliphatic heterocycles. The number of likely N-dealkylation sites (N-methyl/N-ethyl adjacent to an activating group) is 1. The van der Waals surface area contributed by atoms with Crippen molar-refractivity contribution in [3.63, 3.8) is 0 Å². The quantitative estimate of drug-likeness (QED) is 0.820. The molecule has 22 heavy (non-hydrogen) atoms. The van der Waals surface area contributed by atoms with Crippen molar-refractivity contribution in [2.45, 2.75) is 13.8 Å². The van der Waals surface area contributed by atoms with Gasteiger partial charge in [-0.15, -0.1) is 0 Å². The standard InChI is InChI=1S/C17H27N3O2/c1-4-19(5-2)17(21)14-18-10-12-20(13-11-18)15-8-6-7-9-16(15)22-3/h6-9H,4-5,10-14H2,1-3H3/p+1. The zero-order valence-corrected chi connectivity index (χ0v) is 14.0. The average molecular weight is 306 g/mol. The molecule has 5 heteroatoms. The van der Waals surface area contributed by atoms with Crippen LogP contribution in [-0.2, 0) is 4.79 Å². The molecule has 1 saturated heterocycles. The molecule has 1 fully saturated rings. The molecule has 1 aromatic rings. The fourth-order valence-corrected chi connectivity index (χ4v) is 3.03. The van der Waals surface area contributed by atoms with Gasteiger partial charge in [-0.1, -0.05) is 12.1 Å². The maximum atomic E-state index is 12.2. The van der Waals surface area contributed by atoms with Gasteiger partial charge in [0.15, 0.2) is 6.54 Å². The van der Waals surface area contributed by atoms with E-state index in [1.165, 1.54) is 4.90 Å². The van der Waals surface area contributed by atoms with Gasteiger partial charge in [-0.3, -0.25) is 4.79 Å². The Morgan fingerprint density at radius 3 is 2.45 bits per heavy atom. The van der Waals surface area contributed by atoms with Gasteiger partial charge in [0.1, 0.15) is 5.75 Å². The molecule has 1 aliphatic rings. The molecule has 1 N–H and O–H groups in total. The number of carbonyl (C=O) groups excluding carboxylic acids is 1. The highest BCUT2D eigenvalue weighted by atomic mass is 16.5. The number of ether oxygens (including phenoxy) is 1. The molecule has 1 amide bonds. The summed E-state index contributed by atoms with van der Waals surface area (Å²) in [4.78, 5) is 17.8. The highest BCUT2D eigenvalue weighted by Crippen LogP contribution is 2.27. The first-order valence-corrected chi connectivity index (χ1v) is 8.18. The van der Waals surface area contributed by atoms with Crippen LogP contribution in [0.25, 0.3) is 0 Å². The first-order chi connectivity index (χ1) is 10.7. The number of rotatable bonds is 6. The monoisotopic (exact) mass is 306 g/mol. The van der Waals surface area contributed by atoms with Crippen LogP contribution in [0.3, 0.4) is 0 Å². The van der Waals surface area contributed by atoms with Crippen LogP contribution in [0, 0.1) is 0 Å². The summed E-state index contributed by atoms with van der Waals surface area (Å²) in [6.45, 7) is 10.2. The van der Waals surface area contributed by atoms with Crippen molar-refractivity contribution in [3.05, 3.63) is 24.3 Å². The summed E-state index contributed by atoms with van der Waals surface area (Å²) in [5.74, 6) is 1.19. The minimum Gasteiger partial charge on any atom is -0.495 e. The Labute approximate surface area is 133 Å². The smallest absolute Gasteiger partial charge is 0.277 e. The van der Waals surface area contributed by atoms with Gasteiger partial charge in [-0.05, 0) is 26.0 Å². The Hall–Kier alpha value is -1.75. The number of quaternary nitrogens is 1. The van der Waals surface area contributed by atoms with Crippen LogP contribution in [-0.4, -0.2) is 63.7 Å². The summed E-state index contributed by atoms with van der Waals surface area (Å²) >= 11 is 0. The van der Waals surface area contributed by atoms with Gasteiger partial charge in [0, 0.05) is 13.1 Å². The number of benzene rings is 1. The second-order valence-electron chi connectivity index (χ2n) is 5.65. The van der Waals surface area contributed by atoms with Crippen molar-refractivity contribution in [3.8, 4) is 5.75 Å². The van der Waals surface area contributed by atoms with Crippen LogP contribution in [0.4, 0.5) is 5.69 Å². The summed E-state index contributed by atoms with van der Waals surface area (Å²) < 4.78 is 5.44. The van der Waals surface area contributed by atoms with E-state index < -0.39 is 0 Å². The Morgan fingerprint density at radius 1 is 1.23 bits per heavy atom. The second-order valence-corrected chi connectivity index (χ2v) is 5.65. The summed E-state index contributed by atoms with van der Waals surface area (Å²) in [6.07, 6.45) is 0. The molecule has 0 aromatic heterocycles. The number of carbonyl (C=O) groups is 1. The minimum absolute atomic E-state index is 0.269. The van der Waals surface area contributed by atoms with Crippen LogP contribution in [0.1, 0.15) is 13.8 Å². The molecule has 0 spiro atoms. The number of hydrogen-bond donors (Lipinski definition) is 1. The fraction of sp³-hybridized carbons (Fsp3) is 0.588. The lowest BCUT2D eigenvalue weighted by Crippen LogP contribution is -3.15. The molecule has 0 unspecified atom stereocenters. The van der Waals surface area contributed by atoms with E-state index in [-0.39, 0.29) is 5.91 Å². The van der Waals surface area contributed by atoms with E-state index in [0.717, 1.165) is 50.7 Å². The molecule has 0 radical (unpaired) electrons. The number of nitrogens with one attached hydrogen (secondary N) is 1. The Bertz CT molecular complexity index is 481. The zero-order chi connectivity index (χ0) is 15.9. The molecule has 1 heterocycles. The highest BCUT2D eigenvalue weighted by Gasteiger charge is 2.25. The first-order valence-electron chi connectivity index (χ1n) is 8.18. The number of hydrogen-bond acceptors (Lipinski definition) is 3. The van der Waals surface area contributed by atoms with Gasteiger partial charge >= 0.3 is 0 Å². The fourth-order valence-electron chi connectivity index (χ4n) is 3.03. The van der Waals surface area contributed by atoms with Gasteiger partial charge in [0.25, 0.3) is 5.91 Å². The molecule has 0 saturated carbocycles. The molecule has 5 nitrogen and oxygen atoms in total. The van der Waals surface area contributed by atoms with E-state index in [4.69, 9.17) is 4.74 Å². The maximum Gasteiger partial charge on any atom is 0.277 e. The van der Waals surface area contributed by atoms with Gasteiger partial charge in [0.2, 0.25) is 0 Å². The van der Waals surface area contributed by atoms with Crippen LogP contribution < -0.4 is 14.5 Å². The lowest BCUT2D eigenvalue weighted by molar-refractivity contribution is -0.892. The van der Waals surface area contributed by atoms with Crippen LogP contribution >= 0.6 is 0 Å². The summed E-state index contributed by atoms with van der Waals surface area (Å²) in [5.41, 5.74) is 1.15. The Morgan fingerprint density at radius 2 is 1.86 bits per heavy atom. The van der Waals surface area contributed by atoms with Gasteiger partial charge in [0.05, 0.1) is 39.0 Å². The predicted octanol–water partition coefficient (Wildman–Crippen LogP) is 0.269. The third-order valence-corrected chi connectivity index (χ3v) is 4.41. The van der Waals surface area contributed by atoms with E-state index in [1.807, 2.05) is 36.9 Å². The number of nitrogens with zero attached hydrogens (tertiary/aromatic N) is 2. The van der Waals surface area contributed by atoms with Crippen molar-refractivity contribution in [2.24, 2.45) is 0 Å². The normalized spacial score (nSPS) is 15.7. The predicted molar refractivity (Wildman–Crippen MR) is 88.7 cm³/mol. The summed E-state index contributed by atoms with van der Waals surface area (Å²) in [7, 11) is 1.71. The van der Waals surface area contributed by atoms with E-state index >= 15 is 0 Å². The summed E-state index contributed by atoms with van der Waals surface area (Å²) in [6, 6.07) is 8.14. The third kappa shape index (κ3) is 3.91. The summed E-state index contributed by atoms with van der Waals surface area (Å²) in [5, 5.41) is 0. The highest BCUT2D eigenvalue weighted by molar-refractivity contribution is 5.77. The number of methoxy groups -OCH3 is 1. The number of amides is 1. The van der Waals surface area contributed by atoms with E-state index in [1.54, 1.807) is 7.11 Å². The van der Waals surface area contributed by atoms with Crippen molar-refractivity contribution in [1.82, 2.24) is 4.90 Å². The number of para-hydroxylation sites is 2. The molecule has 0 bridgehead atoms. The largest absolute Gasteiger partial charge is 0.495 e. The van der Waals surface area contributed by atoms with E-state index in [9.17, 15) is 4.79 Å². The van der Waals surface area contributed by atoms with Gasteiger partial charge in [-0.25, -0.2) is 0 Å². The Balaban J connectivity index is 1.89. The lowest BCUT2D eigenvalue weighted by Gasteiger charge is -2.34. The van der Waals surface area contributed by atoms with Crippen molar-refractivity contribution < 1.29 is 14.4 Å². The van der Waals surface area contributed by atoms with Crippen molar-refractivity contribution in [1.29, 1.82) is 0 Å². The third-order valence-electron chi connectivity index (χ3n) is 4.41. The second kappa shape index (κ2) is 8.03. The van der Waals surface area contributed by atoms with E-state index in [0.29, 0.717) is 6.54 Å². The molecule has 1 aromatic carbocycles. The van der Waals surface area contributed by atoms with Crippen LogP contribution in [0.5, 0.6) is 5.75 Å². The maximum absolute atomic E-state index is 12.2. The van der Waals surface area contributed by atoms with E-state index in [2.05, 4.69) is 11.0 Å². The van der Waals surface area contributed by atoms with Gasteiger partial charge < -0.3 is 19.4 Å².